The summed E-state index contributed by atoms with van der Waals surface area (Å²) >= 11 is 6.00. The Morgan fingerprint density at radius 3 is 2.83 bits per heavy atom. The van der Waals surface area contributed by atoms with E-state index in [1.807, 2.05) is 18.2 Å². The highest BCUT2D eigenvalue weighted by molar-refractivity contribution is 6.31. The minimum absolute atomic E-state index is 0.00973. The van der Waals surface area contributed by atoms with Gasteiger partial charge in [0, 0.05) is 11.6 Å². The minimum Gasteiger partial charge on any atom is -0.393 e. The molecule has 18 heavy (non-hydrogen) atoms. The third-order valence-corrected chi connectivity index (χ3v) is 3.78. The Labute approximate surface area is 112 Å². The van der Waals surface area contributed by atoms with Crippen molar-refractivity contribution < 1.29 is 9.90 Å². The Bertz CT molecular complexity index is 422. The summed E-state index contributed by atoms with van der Waals surface area (Å²) < 4.78 is 0. The lowest BCUT2D eigenvalue weighted by atomic mass is 10.1. The van der Waals surface area contributed by atoms with Gasteiger partial charge in [-0.3, -0.25) is 4.79 Å². The van der Waals surface area contributed by atoms with E-state index in [-0.39, 0.29) is 12.0 Å². The summed E-state index contributed by atoms with van der Waals surface area (Å²) in [4.78, 5) is 11.8. The molecule has 0 aliphatic heterocycles. The van der Waals surface area contributed by atoms with Crippen molar-refractivity contribution in [1.29, 1.82) is 0 Å². The molecule has 1 fully saturated rings. The Morgan fingerprint density at radius 1 is 1.39 bits per heavy atom. The first-order valence-electron chi connectivity index (χ1n) is 6.33. The van der Waals surface area contributed by atoms with Crippen LogP contribution in [0.1, 0.15) is 24.8 Å². The number of carbonyl (C=O) groups is 1. The van der Waals surface area contributed by atoms with Gasteiger partial charge >= 0.3 is 0 Å². The first-order valence-corrected chi connectivity index (χ1v) is 6.71. The standard InChI is InChI=1S/C14H18ClNO2/c15-13-4-2-1-3-11(13)8-14(18)16-9-10-5-6-12(17)7-10/h1-4,10,12,17H,5-9H2,(H,16,18). The molecule has 1 aromatic rings. The molecule has 0 aromatic heterocycles. The molecule has 4 heteroatoms. The molecular weight excluding hydrogens is 250 g/mol. The summed E-state index contributed by atoms with van der Waals surface area (Å²) in [6.45, 7) is 0.653. The fourth-order valence-electron chi connectivity index (χ4n) is 2.37. The van der Waals surface area contributed by atoms with Gasteiger partial charge in [0.05, 0.1) is 12.5 Å². The molecule has 2 rings (SSSR count). The second-order valence-corrected chi connectivity index (χ2v) is 5.31. The van der Waals surface area contributed by atoms with E-state index in [0.717, 1.165) is 24.8 Å². The molecule has 1 saturated carbocycles. The maximum atomic E-state index is 11.8. The van der Waals surface area contributed by atoms with E-state index in [9.17, 15) is 9.90 Å². The van der Waals surface area contributed by atoms with Crippen LogP contribution in [0.2, 0.25) is 5.02 Å². The number of nitrogens with one attached hydrogen (secondary N) is 1. The van der Waals surface area contributed by atoms with Crippen molar-refractivity contribution in [3.8, 4) is 0 Å². The first-order chi connectivity index (χ1) is 8.65. The number of aliphatic hydroxyl groups excluding tert-OH is 1. The van der Waals surface area contributed by atoms with Gasteiger partial charge in [0.2, 0.25) is 5.91 Å². The van der Waals surface area contributed by atoms with Gasteiger partial charge in [0.1, 0.15) is 0 Å². The molecule has 2 unspecified atom stereocenters. The molecule has 3 nitrogen and oxygen atoms in total. The van der Waals surface area contributed by atoms with Crippen molar-refractivity contribution in [1.82, 2.24) is 5.32 Å². The number of hydrogen-bond acceptors (Lipinski definition) is 2. The molecule has 1 amide bonds. The van der Waals surface area contributed by atoms with Gasteiger partial charge in [0.25, 0.3) is 0 Å². The average molecular weight is 268 g/mol. The van der Waals surface area contributed by atoms with Crippen molar-refractivity contribution in [3.05, 3.63) is 34.9 Å². The quantitative estimate of drug-likeness (QED) is 0.878. The Hall–Kier alpha value is -1.06. The predicted octanol–water partition coefficient (Wildman–Crippen LogP) is 2.16. The van der Waals surface area contributed by atoms with Gasteiger partial charge in [-0.05, 0) is 36.8 Å². The molecule has 0 radical (unpaired) electrons. The zero-order chi connectivity index (χ0) is 13.0. The Balaban J connectivity index is 1.77. The van der Waals surface area contributed by atoms with Crippen molar-refractivity contribution >= 4 is 17.5 Å². The zero-order valence-electron chi connectivity index (χ0n) is 10.2. The van der Waals surface area contributed by atoms with Crippen LogP contribution in [0.4, 0.5) is 0 Å². The van der Waals surface area contributed by atoms with Crippen LogP contribution in [0, 0.1) is 5.92 Å². The lowest BCUT2D eigenvalue weighted by Gasteiger charge is -2.11. The van der Waals surface area contributed by atoms with Crippen LogP contribution in [0.15, 0.2) is 24.3 Å². The second-order valence-electron chi connectivity index (χ2n) is 4.91. The minimum atomic E-state index is -0.185. The van der Waals surface area contributed by atoms with Crippen LogP contribution in [-0.4, -0.2) is 23.7 Å². The van der Waals surface area contributed by atoms with E-state index < -0.39 is 0 Å². The molecule has 1 aliphatic rings. The SMILES string of the molecule is O=C(Cc1ccccc1Cl)NCC1CCC(O)C1. The molecule has 98 valence electrons. The molecule has 0 saturated heterocycles. The summed E-state index contributed by atoms with van der Waals surface area (Å²) in [6, 6.07) is 7.38. The largest absolute Gasteiger partial charge is 0.393 e. The summed E-state index contributed by atoms with van der Waals surface area (Å²) in [6.07, 6.45) is 2.77. The third-order valence-electron chi connectivity index (χ3n) is 3.41. The number of carbonyl (C=O) groups excluding carboxylic acids is 1. The van der Waals surface area contributed by atoms with Crippen molar-refractivity contribution in [2.45, 2.75) is 31.8 Å². The van der Waals surface area contributed by atoms with Crippen LogP contribution < -0.4 is 5.32 Å². The van der Waals surface area contributed by atoms with Gasteiger partial charge in [-0.15, -0.1) is 0 Å². The van der Waals surface area contributed by atoms with Gasteiger partial charge in [-0.1, -0.05) is 29.8 Å². The van der Waals surface area contributed by atoms with Gasteiger partial charge < -0.3 is 10.4 Å². The number of hydrogen-bond donors (Lipinski definition) is 2. The van der Waals surface area contributed by atoms with Crippen molar-refractivity contribution in [2.75, 3.05) is 6.54 Å². The van der Waals surface area contributed by atoms with Gasteiger partial charge in [0.15, 0.2) is 0 Å². The van der Waals surface area contributed by atoms with Gasteiger partial charge in [-0.25, -0.2) is 0 Å². The van der Waals surface area contributed by atoms with Gasteiger partial charge in [-0.2, -0.15) is 0 Å². The summed E-state index contributed by atoms with van der Waals surface area (Å²) in [7, 11) is 0. The van der Waals surface area contributed by atoms with E-state index in [1.165, 1.54) is 0 Å². The lowest BCUT2D eigenvalue weighted by molar-refractivity contribution is -0.120. The number of halogens is 1. The number of aliphatic hydroxyl groups is 1. The van der Waals surface area contributed by atoms with E-state index in [2.05, 4.69) is 5.32 Å². The van der Waals surface area contributed by atoms with E-state index in [1.54, 1.807) is 6.07 Å². The maximum absolute atomic E-state index is 11.8. The van der Waals surface area contributed by atoms with Crippen LogP contribution in [0.3, 0.4) is 0 Å². The fraction of sp³-hybridized carbons (Fsp3) is 0.500. The lowest BCUT2D eigenvalue weighted by Crippen LogP contribution is -2.30. The van der Waals surface area contributed by atoms with Crippen molar-refractivity contribution in [2.24, 2.45) is 5.92 Å². The molecule has 0 spiro atoms. The fourth-order valence-corrected chi connectivity index (χ4v) is 2.57. The molecule has 0 bridgehead atoms. The van der Waals surface area contributed by atoms with E-state index >= 15 is 0 Å². The van der Waals surface area contributed by atoms with Crippen LogP contribution in [0.5, 0.6) is 0 Å². The average Bonchev–Trinajstić information content (AvgIpc) is 2.76. The summed E-state index contributed by atoms with van der Waals surface area (Å²) in [5, 5.41) is 12.9. The third kappa shape index (κ3) is 3.72. The Morgan fingerprint density at radius 2 is 2.17 bits per heavy atom. The van der Waals surface area contributed by atoms with E-state index in [4.69, 9.17) is 11.6 Å². The molecule has 1 aliphatic carbocycles. The molecule has 2 atom stereocenters. The van der Waals surface area contributed by atoms with Crippen LogP contribution >= 0.6 is 11.6 Å². The molecule has 2 N–H and O–H groups in total. The smallest absolute Gasteiger partial charge is 0.224 e. The number of amides is 1. The second kappa shape index (κ2) is 6.21. The van der Waals surface area contributed by atoms with Crippen LogP contribution in [0.25, 0.3) is 0 Å². The van der Waals surface area contributed by atoms with Crippen LogP contribution in [-0.2, 0) is 11.2 Å². The van der Waals surface area contributed by atoms with Crippen molar-refractivity contribution in [3.63, 3.8) is 0 Å². The molecular formula is C14H18ClNO2. The topological polar surface area (TPSA) is 49.3 Å². The van der Waals surface area contributed by atoms with E-state index in [0.29, 0.717) is 23.9 Å². The first kappa shape index (κ1) is 13.4. The normalized spacial score (nSPS) is 23.0. The number of rotatable bonds is 4. The summed E-state index contributed by atoms with van der Waals surface area (Å²) in [5.74, 6) is 0.402. The molecule has 1 aromatic carbocycles. The number of benzene rings is 1. The highest BCUT2D eigenvalue weighted by Crippen LogP contribution is 2.24. The summed E-state index contributed by atoms with van der Waals surface area (Å²) in [5.41, 5.74) is 0.850. The maximum Gasteiger partial charge on any atom is 0.224 e. The molecule has 0 heterocycles. The highest BCUT2D eigenvalue weighted by Gasteiger charge is 2.22. The Kier molecular flexibility index (Phi) is 4.61. The predicted molar refractivity (Wildman–Crippen MR) is 71.5 cm³/mol. The highest BCUT2D eigenvalue weighted by atomic mass is 35.5. The zero-order valence-corrected chi connectivity index (χ0v) is 11.0. The monoisotopic (exact) mass is 267 g/mol.